The number of pyridine rings is 1. The molecule has 5 nitrogen and oxygen atoms in total. The molecule has 114 valence electrons. The summed E-state index contributed by atoms with van der Waals surface area (Å²) >= 11 is 4.74. The maximum absolute atomic E-state index is 12.5. The molecule has 0 spiro atoms. The summed E-state index contributed by atoms with van der Waals surface area (Å²) in [5.41, 5.74) is 0.822. The Hall–Kier alpha value is -0.800. The number of nitrogens with one attached hydrogen (secondary N) is 2. The Kier molecular flexibility index (Phi) is 5.50. The van der Waals surface area contributed by atoms with Crippen molar-refractivity contribution in [2.24, 2.45) is 0 Å². The summed E-state index contributed by atoms with van der Waals surface area (Å²) in [6.07, 6.45) is 3.31. The van der Waals surface area contributed by atoms with Gasteiger partial charge in [0.05, 0.1) is 3.79 Å². The number of hydrogen-bond donors (Lipinski definition) is 2. The van der Waals surface area contributed by atoms with Crippen LogP contribution in [0.15, 0.2) is 39.3 Å². The molecular formula is C13H16BrN3O2S2. The van der Waals surface area contributed by atoms with Gasteiger partial charge in [0.15, 0.2) is 0 Å². The van der Waals surface area contributed by atoms with Gasteiger partial charge in [0.25, 0.3) is 0 Å². The van der Waals surface area contributed by atoms with E-state index in [1.165, 1.54) is 11.3 Å². The molecular weight excluding hydrogens is 374 g/mol. The van der Waals surface area contributed by atoms with Gasteiger partial charge in [-0.2, -0.15) is 0 Å². The van der Waals surface area contributed by atoms with E-state index in [0.29, 0.717) is 10.3 Å². The highest BCUT2D eigenvalue weighted by Gasteiger charge is 2.23. The van der Waals surface area contributed by atoms with Crippen molar-refractivity contribution < 1.29 is 8.42 Å². The van der Waals surface area contributed by atoms with Crippen LogP contribution in [0.2, 0.25) is 0 Å². The summed E-state index contributed by atoms with van der Waals surface area (Å²) in [5.74, 6) is 0. The van der Waals surface area contributed by atoms with Crippen molar-refractivity contribution in [3.05, 3.63) is 44.8 Å². The minimum Gasteiger partial charge on any atom is -0.315 e. The largest absolute Gasteiger partial charge is 0.315 e. The van der Waals surface area contributed by atoms with E-state index in [9.17, 15) is 8.42 Å². The molecule has 1 unspecified atom stereocenters. The molecule has 0 aliphatic rings. The molecule has 0 amide bonds. The number of halogens is 1. The molecule has 0 saturated heterocycles. The van der Waals surface area contributed by atoms with Gasteiger partial charge in [0, 0.05) is 29.9 Å². The van der Waals surface area contributed by atoms with E-state index in [1.807, 2.05) is 13.1 Å². The van der Waals surface area contributed by atoms with Gasteiger partial charge < -0.3 is 5.32 Å². The zero-order valence-electron chi connectivity index (χ0n) is 11.6. The first-order valence-electron chi connectivity index (χ1n) is 6.29. The zero-order valence-corrected chi connectivity index (χ0v) is 14.8. The Bertz CT molecular complexity index is 701. The lowest BCUT2D eigenvalue weighted by molar-refractivity contribution is 0.566. The van der Waals surface area contributed by atoms with Gasteiger partial charge in [-0.05, 0) is 47.6 Å². The van der Waals surface area contributed by atoms with Gasteiger partial charge in [-0.3, -0.25) is 4.98 Å². The standard InChI is InChI=1S/C13H16BrN3O2S2/c1-9(10-4-3-5-16-7-10)17-21(18,19)12-6-11(8-15-2)20-13(12)14/h3-7,9,15,17H,8H2,1-2H3. The van der Waals surface area contributed by atoms with Gasteiger partial charge in [-0.25, -0.2) is 13.1 Å². The molecule has 0 aromatic carbocycles. The van der Waals surface area contributed by atoms with Crippen LogP contribution in [0.5, 0.6) is 0 Å². The molecule has 2 aromatic rings. The van der Waals surface area contributed by atoms with E-state index < -0.39 is 10.0 Å². The average molecular weight is 390 g/mol. The fraction of sp³-hybridized carbons (Fsp3) is 0.308. The molecule has 0 saturated carbocycles. The van der Waals surface area contributed by atoms with Crippen LogP contribution in [-0.4, -0.2) is 20.4 Å². The van der Waals surface area contributed by atoms with Crippen LogP contribution in [0.1, 0.15) is 23.4 Å². The Morgan fingerprint density at radius 1 is 1.48 bits per heavy atom. The van der Waals surface area contributed by atoms with Crippen LogP contribution in [0.4, 0.5) is 0 Å². The van der Waals surface area contributed by atoms with E-state index in [2.05, 4.69) is 31.0 Å². The minimum absolute atomic E-state index is 0.272. The first kappa shape index (κ1) is 16.6. The molecule has 1 atom stereocenters. The van der Waals surface area contributed by atoms with E-state index in [4.69, 9.17) is 0 Å². The van der Waals surface area contributed by atoms with Crippen molar-refractivity contribution in [3.8, 4) is 0 Å². The van der Waals surface area contributed by atoms with E-state index in [-0.39, 0.29) is 10.9 Å². The minimum atomic E-state index is -3.58. The van der Waals surface area contributed by atoms with Crippen molar-refractivity contribution in [3.63, 3.8) is 0 Å². The SMILES string of the molecule is CNCc1cc(S(=O)(=O)NC(C)c2cccnc2)c(Br)s1. The number of sulfonamides is 1. The second-order valence-electron chi connectivity index (χ2n) is 4.51. The fourth-order valence-electron chi connectivity index (χ4n) is 1.84. The second-order valence-corrected chi connectivity index (χ2v) is 8.65. The summed E-state index contributed by atoms with van der Waals surface area (Å²) in [6, 6.07) is 4.97. The van der Waals surface area contributed by atoms with Gasteiger partial charge >= 0.3 is 0 Å². The number of rotatable bonds is 6. The Labute approximate surface area is 137 Å². The molecule has 2 rings (SSSR count). The number of aromatic nitrogens is 1. The molecule has 0 aliphatic heterocycles. The third-order valence-corrected chi connectivity index (χ3v) is 6.66. The number of thiophene rings is 1. The first-order valence-corrected chi connectivity index (χ1v) is 9.38. The van der Waals surface area contributed by atoms with Crippen LogP contribution >= 0.6 is 27.3 Å². The predicted octanol–water partition coefficient (Wildman–Crippen LogP) is 2.66. The summed E-state index contributed by atoms with van der Waals surface area (Å²) in [5, 5.41) is 3.01. The highest BCUT2D eigenvalue weighted by Crippen LogP contribution is 2.32. The van der Waals surface area contributed by atoms with Gasteiger partial charge in [0.2, 0.25) is 10.0 Å². The van der Waals surface area contributed by atoms with E-state index in [0.717, 1.165) is 10.4 Å². The smallest absolute Gasteiger partial charge is 0.243 e. The van der Waals surface area contributed by atoms with Crippen molar-refractivity contribution in [1.29, 1.82) is 0 Å². The molecule has 21 heavy (non-hydrogen) atoms. The number of hydrogen-bond acceptors (Lipinski definition) is 5. The normalized spacial score (nSPS) is 13.3. The average Bonchev–Trinajstić information content (AvgIpc) is 2.81. The molecule has 0 bridgehead atoms. The highest BCUT2D eigenvalue weighted by atomic mass is 79.9. The Morgan fingerprint density at radius 3 is 2.86 bits per heavy atom. The summed E-state index contributed by atoms with van der Waals surface area (Å²) < 4.78 is 28.2. The lowest BCUT2D eigenvalue weighted by atomic mass is 10.2. The van der Waals surface area contributed by atoms with Gasteiger partial charge in [-0.15, -0.1) is 11.3 Å². The van der Waals surface area contributed by atoms with Gasteiger partial charge in [-0.1, -0.05) is 6.07 Å². The van der Waals surface area contributed by atoms with Gasteiger partial charge in [0.1, 0.15) is 4.90 Å². The van der Waals surface area contributed by atoms with Crippen LogP contribution in [0, 0.1) is 0 Å². The molecule has 0 radical (unpaired) electrons. The lowest BCUT2D eigenvalue weighted by Gasteiger charge is -2.13. The third kappa shape index (κ3) is 4.10. The quantitative estimate of drug-likeness (QED) is 0.796. The van der Waals surface area contributed by atoms with E-state index >= 15 is 0 Å². The molecule has 2 N–H and O–H groups in total. The summed E-state index contributed by atoms with van der Waals surface area (Å²) in [4.78, 5) is 5.23. The number of nitrogens with zero attached hydrogens (tertiary/aromatic N) is 1. The summed E-state index contributed by atoms with van der Waals surface area (Å²) in [6.45, 7) is 2.43. The fourth-order valence-corrected chi connectivity index (χ4v) is 5.77. The van der Waals surface area contributed by atoms with Crippen LogP contribution < -0.4 is 10.0 Å². The zero-order chi connectivity index (χ0) is 15.5. The Balaban J connectivity index is 2.22. The monoisotopic (exact) mass is 389 g/mol. The molecule has 2 heterocycles. The maximum atomic E-state index is 12.5. The van der Waals surface area contributed by atoms with E-state index in [1.54, 1.807) is 31.5 Å². The van der Waals surface area contributed by atoms with Crippen molar-refractivity contribution in [1.82, 2.24) is 15.0 Å². The van der Waals surface area contributed by atoms with Crippen LogP contribution in [0.3, 0.4) is 0 Å². The van der Waals surface area contributed by atoms with Crippen LogP contribution in [0.25, 0.3) is 0 Å². The summed E-state index contributed by atoms with van der Waals surface area (Å²) in [7, 11) is -1.75. The molecule has 0 fully saturated rings. The topological polar surface area (TPSA) is 71.1 Å². The van der Waals surface area contributed by atoms with Crippen molar-refractivity contribution >= 4 is 37.3 Å². The maximum Gasteiger partial charge on any atom is 0.243 e. The predicted molar refractivity (Wildman–Crippen MR) is 87.8 cm³/mol. The second kappa shape index (κ2) is 6.97. The van der Waals surface area contributed by atoms with Crippen molar-refractivity contribution in [2.45, 2.75) is 24.4 Å². The van der Waals surface area contributed by atoms with Crippen molar-refractivity contribution in [2.75, 3.05) is 7.05 Å². The Morgan fingerprint density at radius 2 is 2.24 bits per heavy atom. The highest BCUT2D eigenvalue weighted by molar-refractivity contribution is 9.11. The molecule has 2 aromatic heterocycles. The third-order valence-electron chi connectivity index (χ3n) is 2.86. The molecule has 8 heteroatoms. The molecule has 0 aliphatic carbocycles. The lowest BCUT2D eigenvalue weighted by Crippen LogP contribution is -2.26. The first-order chi connectivity index (χ1) is 9.94. The van der Waals surface area contributed by atoms with Crippen LogP contribution in [-0.2, 0) is 16.6 Å².